The zero-order chi connectivity index (χ0) is 21.8. The predicted octanol–water partition coefficient (Wildman–Crippen LogP) is 3.69. The highest BCUT2D eigenvalue weighted by molar-refractivity contribution is 5.72. The zero-order valence-corrected chi connectivity index (χ0v) is 16.6. The van der Waals surface area contributed by atoms with Crippen LogP contribution in [-0.2, 0) is 22.7 Å². The minimum atomic E-state index is -1.20. The van der Waals surface area contributed by atoms with Crippen LogP contribution in [0.2, 0.25) is 0 Å². The molecule has 0 aliphatic rings. The molecule has 8 heteroatoms. The molecule has 3 aromatic rings. The molecule has 1 heterocycles. The molecule has 3 rings (SSSR count). The fraction of sp³-hybridized carbons (Fsp3) is 0.273. The molecule has 0 saturated carbocycles. The molecule has 3 N–H and O–H groups in total. The molecule has 30 heavy (non-hydrogen) atoms. The van der Waals surface area contributed by atoms with Crippen LogP contribution < -0.4 is 5.69 Å². The van der Waals surface area contributed by atoms with Gasteiger partial charge < -0.3 is 19.9 Å². The van der Waals surface area contributed by atoms with Gasteiger partial charge >= 0.3 is 11.7 Å². The lowest BCUT2D eigenvalue weighted by Crippen LogP contribution is -2.31. The Labute approximate surface area is 172 Å². The molecule has 0 aliphatic carbocycles. The summed E-state index contributed by atoms with van der Waals surface area (Å²) in [5, 5.41) is 19.7. The number of benzene rings is 2. The molecule has 0 unspecified atom stereocenters. The smallest absolute Gasteiger partial charge is 0.329 e. The summed E-state index contributed by atoms with van der Waals surface area (Å²) >= 11 is 0. The molecular weight excluding hydrogens is 391 g/mol. The number of nitrogens with one attached hydrogen (secondary N) is 1. The number of aliphatic carboxylic acids is 1. The summed E-state index contributed by atoms with van der Waals surface area (Å²) in [4.78, 5) is 26.1. The van der Waals surface area contributed by atoms with E-state index in [2.05, 4.69) is 4.98 Å². The molecule has 1 atom stereocenters. The van der Waals surface area contributed by atoms with E-state index in [1.807, 2.05) is 30.3 Å². The summed E-state index contributed by atoms with van der Waals surface area (Å²) in [6.07, 6.45) is 0. The lowest BCUT2D eigenvalue weighted by Gasteiger charge is -2.17. The van der Waals surface area contributed by atoms with Crippen LogP contribution in [0.5, 0.6) is 5.88 Å². The first-order chi connectivity index (χ1) is 14.3. The highest BCUT2D eigenvalue weighted by Gasteiger charge is 2.29. The second-order valence-electron chi connectivity index (χ2n) is 7.33. The van der Waals surface area contributed by atoms with Gasteiger partial charge in [-0.15, -0.1) is 0 Å². The highest BCUT2D eigenvalue weighted by Crippen LogP contribution is 2.25. The number of aromatic hydroxyl groups is 1. The van der Waals surface area contributed by atoms with E-state index in [0.29, 0.717) is 0 Å². The number of hydrogen-bond acceptors (Lipinski definition) is 4. The molecule has 1 aromatic heterocycles. The minimum Gasteiger partial charge on any atom is -0.493 e. The van der Waals surface area contributed by atoms with Crippen molar-refractivity contribution in [2.75, 3.05) is 0 Å². The summed E-state index contributed by atoms with van der Waals surface area (Å²) in [6, 6.07) is 12.5. The van der Waals surface area contributed by atoms with E-state index in [4.69, 9.17) is 4.74 Å². The SMILES string of the molecule is CC(C)[C@H](C(=O)O)n1c(O)c(COCc2ccc(-c3cccc(F)c3)cc2)[nH]c1=O. The maximum Gasteiger partial charge on any atom is 0.329 e. The number of carboxylic acids is 1. The molecule has 158 valence electrons. The topological polar surface area (TPSA) is 105 Å². The standard InChI is InChI=1S/C22H23FN2O5/c1-13(2)19(21(27)28)25-20(26)18(24-22(25)29)12-30-11-14-6-8-15(9-7-14)16-4-3-5-17(23)10-16/h3-10,13,19,26H,11-12H2,1-2H3,(H,24,29)(H,27,28)/t19-/m1/s1. The summed E-state index contributed by atoms with van der Waals surface area (Å²) in [7, 11) is 0. The van der Waals surface area contributed by atoms with Crippen LogP contribution in [0.25, 0.3) is 11.1 Å². The maximum atomic E-state index is 13.4. The minimum absolute atomic E-state index is 0.0931. The Bertz CT molecular complexity index is 1090. The Morgan fingerprint density at radius 2 is 1.83 bits per heavy atom. The van der Waals surface area contributed by atoms with Crippen molar-refractivity contribution in [2.45, 2.75) is 33.1 Å². The third kappa shape index (κ3) is 4.60. The maximum absolute atomic E-state index is 13.4. The first kappa shape index (κ1) is 21.3. The molecule has 2 aromatic carbocycles. The summed E-state index contributed by atoms with van der Waals surface area (Å²) in [6.45, 7) is 3.43. The van der Waals surface area contributed by atoms with Crippen LogP contribution in [0.3, 0.4) is 0 Å². The summed E-state index contributed by atoms with van der Waals surface area (Å²) in [5.74, 6) is -2.34. The molecule has 0 aliphatic heterocycles. The second-order valence-corrected chi connectivity index (χ2v) is 7.33. The summed E-state index contributed by atoms with van der Waals surface area (Å²) in [5.41, 5.74) is 1.90. The zero-order valence-electron chi connectivity index (χ0n) is 16.6. The van der Waals surface area contributed by atoms with E-state index in [0.717, 1.165) is 21.3 Å². The normalized spacial score (nSPS) is 12.3. The number of carbonyl (C=O) groups is 1. The number of nitrogens with zero attached hydrogens (tertiary/aromatic N) is 1. The quantitative estimate of drug-likeness (QED) is 0.522. The van der Waals surface area contributed by atoms with Gasteiger partial charge in [0.15, 0.2) is 0 Å². The molecule has 0 fully saturated rings. The molecule has 0 bridgehead atoms. The first-order valence-corrected chi connectivity index (χ1v) is 9.45. The van der Waals surface area contributed by atoms with Gasteiger partial charge in [-0.05, 0) is 34.7 Å². The Balaban J connectivity index is 1.66. The van der Waals surface area contributed by atoms with E-state index < -0.39 is 29.5 Å². The Morgan fingerprint density at radius 1 is 1.13 bits per heavy atom. The van der Waals surface area contributed by atoms with Crippen molar-refractivity contribution < 1.29 is 24.1 Å². The van der Waals surface area contributed by atoms with Crippen LogP contribution in [0, 0.1) is 11.7 Å². The Kier molecular flexibility index (Phi) is 6.37. The van der Waals surface area contributed by atoms with Crippen molar-refractivity contribution in [1.82, 2.24) is 9.55 Å². The van der Waals surface area contributed by atoms with Gasteiger partial charge in [0.05, 0.1) is 13.2 Å². The average Bonchev–Trinajstić information content (AvgIpc) is 2.96. The number of H-pyrrole nitrogens is 1. The van der Waals surface area contributed by atoms with E-state index in [1.165, 1.54) is 12.1 Å². The van der Waals surface area contributed by atoms with Crippen molar-refractivity contribution in [3.63, 3.8) is 0 Å². The van der Waals surface area contributed by atoms with Crippen LogP contribution >= 0.6 is 0 Å². The van der Waals surface area contributed by atoms with Crippen molar-refractivity contribution in [2.24, 2.45) is 5.92 Å². The fourth-order valence-corrected chi connectivity index (χ4v) is 3.27. The van der Waals surface area contributed by atoms with Crippen molar-refractivity contribution in [3.05, 3.63) is 76.1 Å². The second kappa shape index (κ2) is 8.96. The molecule has 7 nitrogen and oxygen atoms in total. The fourth-order valence-electron chi connectivity index (χ4n) is 3.27. The molecular formula is C22H23FN2O5. The van der Waals surface area contributed by atoms with E-state index in [-0.39, 0.29) is 24.7 Å². The van der Waals surface area contributed by atoms with Crippen LogP contribution in [-0.4, -0.2) is 25.7 Å². The number of imidazole rings is 1. The number of carboxylic acid groups (broad SMARTS) is 1. The van der Waals surface area contributed by atoms with Crippen molar-refractivity contribution in [3.8, 4) is 17.0 Å². The molecule has 0 radical (unpaired) electrons. The molecule has 0 saturated heterocycles. The van der Waals surface area contributed by atoms with Gasteiger partial charge in [-0.1, -0.05) is 50.2 Å². The van der Waals surface area contributed by atoms with Crippen LogP contribution in [0.1, 0.15) is 31.1 Å². The number of halogens is 1. The number of aromatic amines is 1. The van der Waals surface area contributed by atoms with Gasteiger partial charge in [0.25, 0.3) is 0 Å². The predicted molar refractivity (Wildman–Crippen MR) is 109 cm³/mol. The van der Waals surface area contributed by atoms with E-state index >= 15 is 0 Å². The van der Waals surface area contributed by atoms with Crippen LogP contribution in [0.15, 0.2) is 53.3 Å². The van der Waals surface area contributed by atoms with E-state index in [9.17, 15) is 24.2 Å². The lowest BCUT2D eigenvalue weighted by atomic mass is 10.0. The first-order valence-electron chi connectivity index (χ1n) is 9.45. The van der Waals surface area contributed by atoms with Gasteiger partial charge in [0.2, 0.25) is 5.88 Å². The Morgan fingerprint density at radius 3 is 2.43 bits per heavy atom. The number of hydrogen-bond donors (Lipinski definition) is 3. The number of ether oxygens (including phenoxy) is 1. The third-order valence-corrected chi connectivity index (χ3v) is 4.76. The van der Waals surface area contributed by atoms with Gasteiger partial charge in [-0.3, -0.25) is 0 Å². The number of rotatable bonds is 8. The molecule has 0 amide bonds. The summed E-state index contributed by atoms with van der Waals surface area (Å²) < 4.78 is 19.8. The monoisotopic (exact) mass is 414 g/mol. The van der Waals surface area contributed by atoms with Gasteiger partial charge in [0.1, 0.15) is 17.6 Å². The van der Waals surface area contributed by atoms with E-state index in [1.54, 1.807) is 19.9 Å². The van der Waals surface area contributed by atoms with Crippen molar-refractivity contribution >= 4 is 5.97 Å². The van der Waals surface area contributed by atoms with Gasteiger partial charge in [0, 0.05) is 0 Å². The highest BCUT2D eigenvalue weighted by atomic mass is 19.1. The van der Waals surface area contributed by atoms with Crippen molar-refractivity contribution in [1.29, 1.82) is 0 Å². The van der Waals surface area contributed by atoms with Gasteiger partial charge in [-0.2, -0.15) is 0 Å². The number of aromatic nitrogens is 2. The lowest BCUT2D eigenvalue weighted by molar-refractivity contribution is -0.142. The molecule has 0 spiro atoms. The third-order valence-electron chi connectivity index (χ3n) is 4.76. The van der Waals surface area contributed by atoms with Crippen LogP contribution in [0.4, 0.5) is 4.39 Å². The largest absolute Gasteiger partial charge is 0.493 e. The average molecular weight is 414 g/mol. The Hall–Kier alpha value is -3.39. The van der Waals surface area contributed by atoms with Gasteiger partial charge in [-0.25, -0.2) is 18.5 Å².